The van der Waals surface area contributed by atoms with E-state index in [4.69, 9.17) is 0 Å². The summed E-state index contributed by atoms with van der Waals surface area (Å²) in [5, 5.41) is 16.7. The molecule has 0 unspecified atom stereocenters. The first-order valence-electron chi connectivity index (χ1n) is 9.20. The van der Waals surface area contributed by atoms with Crippen LogP contribution in [-0.4, -0.2) is 36.6 Å². The number of fused-ring (bicyclic) bond motifs is 1. The minimum atomic E-state index is -0.236. The van der Waals surface area contributed by atoms with Crippen LogP contribution in [0.25, 0.3) is 11.0 Å². The van der Waals surface area contributed by atoms with Gasteiger partial charge in [0.05, 0.1) is 23.7 Å². The molecule has 0 aliphatic carbocycles. The van der Waals surface area contributed by atoms with Crippen LogP contribution in [0.1, 0.15) is 34.1 Å². The van der Waals surface area contributed by atoms with E-state index in [1.165, 1.54) is 16.9 Å². The molecule has 0 aliphatic heterocycles. The topological polar surface area (TPSA) is 85.6 Å². The summed E-state index contributed by atoms with van der Waals surface area (Å²) < 4.78 is 2.66. The molecule has 1 amide bonds. The molecule has 0 atom stereocenters. The average molecular weight is 425 g/mol. The van der Waals surface area contributed by atoms with Crippen molar-refractivity contribution in [3.8, 4) is 0 Å². The van der Waals surface area contributed by atoms with Gasteiger partial charge >= 0.3 is 0 Å². The summed E-state index contributed by atoms with van der Waals surface area (Å²) >= 11 is 2.97. The van der Waals surface area contributed by atoms with Crippen molar-refractivity contribution < 1.29 is 4.79 Å². The highest BCUT2D eigenvalue weighted by molar-refractivity contribution is 8.01. The summed E-state index contributed by atoms with van der Waals surface area (Å²) in [5.74, 6) is 0.673. The van der Waals surface area contributed by atoms with Crippen LogP contribution in [-0.2, 0) is 6.54 Å². The van der Waals surface area contributed by atoms with E-state index in [1.807, 2.05) is 11.6 Å². The van der Waals surface area contributed by atoms with Crippen molar-refractivity contribution in [3.63, 3.8) is 0 Å². The van der Waals surface area contributed by atoms with Gasteiger partial charge < -0.3 is 0 Å². The molecule has 1 N–H and O–H groups in total. The number of pyridine rings is 1. The lowest BCUT2D eigenvalue weighted by Crippen LogP contribution is -2.13. The number of thioether (sulfide) groups is 1. The molecule has 0 aliphatic rings. The summed E-state index contributed by atoms with van der Waals surface area (Å²) in [6.45, 7) is 6.58. The molecule has 9 heteroatoms. The zero-order valence-electron chi connectivity index (χ0n) is 16.3. The van der Waals surface area contributed by atoms with Gasteiger partial charge in [-0.15, -0.1) is 10.2 Å². The second-order valence-electron chi connectivity index (χ2n) is 6.60. The maximum atomic E-state index is 12.9. The van der Waals surface area contributed by atoms with Crippen molar-refractivity contribution in [1.82, 2.24) is 25.0 Å². The molecule has 29 heavy (non-hydrogen) atoms. The summed E-state index contributed by atoms with van der Waals surface area (Å²) in [4.78, 5) is 17.5. The van der Waals surface area contributed by atoms with E-state index in [0.717, 1.165) is 21.3 Å². The Labute approximate surface area is 176 Å². The third-order valence-electron chi connectivity index (χ3n) is 4.33. The van der Waals surface area contributed by atoms with Gasteiger partial charge in [0.25, 0.3) is 5.91 Å². The standard InChI is InChI=1S/C20H20N6OS2/c1-4-28-20-25-24-19(29-20)23-18(27)15-9-13(3)22-17-16(15)10-21-26(17)11-14-7-5-12(2)6-8-14/h5-10H,4,11H2,1-3H3,(H,23,24,27). The SMILES string of the molecule is CCSc1nnc(NC(=O)c2cc(C)nc3c2cnn3Cc2ccc(C)cc2)s1. The molecule has 148 valence electrons. The van der Waals surface area contributed by atoms with Gasteiger partial charge in [0.2, 0.25) is 5.13 Å². The molecular weight excluding hydrogens is 404 g/mol. The zero-order chi connectivity index (χ0) is 20.4. The number of hydrogen-bond acceptors (Lipinski definition) is 7. The molecule has 0 saturated carbocycles. The number of aryl methyl sites for hydroxylation is 2. The second-order valence-corrected chi connectivity index (χ2v) is 9.09. The van der Waals surface area contributed by atoms with Crippen molar-refractivity contribution in [3.05, 3.63) is 58.9 Å². The number of amides is 1. The molecule has 0 spiro atoms. The smallest absolute Gasteiger partial charge is 0.258 e. The Kier molecular flexibility index (Phi) is 5.59. The highest BCUT2D eigenvalue weighted by Crippen LogP contribution is 2.26. The molecule has 0 saturated heterocycles. The third-order valence-corrected chi connectivity index (χ3v) is 6.18. The zero-order valence-corrected chi connectivity index (χ0v) is 18.0. The Morgan fingerprint density at radius 3 is 2.76 bits per heavy atom. The summed E-state index contributed by atoms with van der Waals surface area (Å²) in [6, 6.07) is 10.1. The lowest BCUT2D eigenvalue weighted by atomic mass is 10.1. The number of benzene rings is 1. The maximum absolute atomic E-state index is 12.9. The number of aromatic nitrogens is 5. The highest BCUT2D eigenvalue weighted by atomic mass is 32.2. The second kappa shape index (κ2) is 8.30. The minimum Gasteiger partial charge on any atom is -0.296 e. The van der Waals surface area contributed by atoms with Gasteiger partial charge in [-0.2, -0.15) is 5.10 Å². The van der Waals surface area contributed by atoms with Crippen molar-refractivity contribution in [2.45, 2.75) is 31.7 Å². The van der Waals surface area contributed by atoms with Crippen LogP contribution in [0.15, 0.2) is 40.9 Å². The normalized spacial score (nSPS) is 11.1. The van der Waals surface area contributed by atoms with Crippen LogP contribution in [0.4, 0.5) is 5.13 Å². The highest BCUT2D eigenvalue weighted by Gasteiger charge is 2.17. The quantitative estimate of drug-likeness (QED) is 0.367. The average Bonchev–Trinajstić information content (AvgIpc) is 3.30. The predicted octanol–water partition coefficient (Wildman–Crippen LogP) is 4.31. The van der Waals surface area contributed by atoms with Gasteiger partial charge in [0.1, 0.15) is 0 Å². The van der Waals surface area contributed by atoms with E-state index in [1.54, 1.807) is 24.0 Å². The summed E-state index contributed by atoms with van der Waals surface area (Å²) in [6.07, 6.45) is 1.70. The molecule has 3 aromatic heterocycles. The van der Waals surface area contributed by atoms with E-state index in [2.05, 4.69) is 63.7 Å². The van der Waals surface area contributed by atoms with Gasteiger partial charge in [-0.25, -0.2) is 9.67 Å². The van der Waals surface area contributed by atoms with E-state index in [9.17, 15) is 4.79 Å². The molecule has 4 rings (SSSR count). The van der Waals surface area contributed by atoms with Gasteiger partial charge in [-0.1, -0.05) is 59.9 Å². The van der Waals surface area contributed by atoms with E-state index in [-0.39, 0.29) is 5.91 Å². The summed E-state index contributed by atoms with van der Waals surface area (Å²) in [5.41, 5.74) is 4.32. The predicted molar refractivity (Wildman–Crippen MR) is 117 cm³/mol. The van der Waals surface area contributed by atoms with E-state index >= 15 is 0 Å². The number of carbonyl (C=O) groups excluding carboxylic acids is 1. The van der Waals surface area contributed by atoms with Crippen LogP contribution in [0.2, 0.25) is 0 Å². The molecular formula is C20H20N6OS2. The fourth-order valence-corrected chi connectivity index (χ4v) is 4.59. The third kappa shape index (κ3) is 4.30. The summed E-state index contributed by atoms with van der Waals surface area (Å²) in [7, 11) is 0. The Bertz CT molecular complexity index is 1170. The number of hydrogen-bond donors (Lipinski definition) is 1. The van der Waals surface area contributed by atoms with Gasteiger partial charge in [-0.05, 0) is 31.2 Å². The van der Waals surface area contributed by atoms with Gasteiger partial charge in [-0.3, -0.25) is 10.1 Å². The molecule has 4 aromatic rings. The number of anilines is 1. The van der Waals surface area contributed by atoms with Crippen molar-refractivity contribution in [2.75, 3.05) is 11.1 Å². The molecule has 0 bridgehead atoms. The van der Waals surface area contributed by atoms with Crippen LogP contribution in [0, 0.1) is 13.8 Å². The Morgan fingerprint density at radius 2 is 2.00 bits per heavy atom. The van der Waals surface area contributed by atoms with Crippen LogP contribution < -0.4 is 5.32 Å². The lowest BCUT2D eigenvalue weighted by molar-refractivity contribution is 0.102. The first-order chi connectivity index (χ1) is 14.0. The largest absolute Gasteiger partial charge is 0.296 e. The first-order valence-corrected chi connectivity index (χ1v) is 11.0. The van der Waals surface area contributed by atoms with Crippen LogP contribution in [0.5, 0.6) is 0 Å². The molecule has 1 aromatic carbocycles. The molecule has 0 radical (unpaired) electrons. The lowest BCUT2D eigenvalue weighted by Gasteiger charge is -2.07. The Balaban J connectivity index is 1.63. The van der Waals surface area contributed by atoms with E-state index in [0.29, 0.717) is 28.3 Å². The van der Waals surface area contributed by atoms with Gasteiger partial charge in [0.15, 0.2) is 9.99 Å². The van der Waals surface area contributed by atoms with Crippen LogP contribution >= 0.6 is 23.1 Å². The number of nitrogens with zero attached hydrogens (tertiary/aromatic N) is 5. The minimum absolute atomic E-state index is 0.236. The molecule has 7 nitrogen and oxygen atoms in total. The first kappa shape index (κ1) is 19.5. The van der Waals surface area contributed by atoms with E-state index < -0.39 is 0 Å². The fourth-order valence-electron chi connectivity index (χ4n) is 2.95. The number of carbonyl (C=O) groups is 1. The molecule has 0 fully saturated rings. The number of nitrogens with one attached hydrogen (secondary N) is 1. The number of rotatable bonds is 6. The van der Waals surface area contributed by atoms with Crippen molar-refractivity contribution in [2.24, 2.45) is 0 Å². The Morgan fingerprint density at radius 1 is 1.21 bits per heavy atom. The van der Waals surface area contributed by atoms with Crippen molar-refractivity contribution >= 4 is 45.2 Å². The van der Waals surface area contributed by atoms with Crippen molar-refractivity contribution in [1.29, 1.82) is 0 Å². The molecule has 3 heterocycles. The maximum Gasteiger partial charge on any atom is 0.258 e. The van der Waals surface area contributed by atoms with Gasteiger partial charge in [0, 0.05) is 5.69 Å². The van der Waals surface area contributed by atoms with Crippen LogP contribution in [0.3, 0.4) is 0 Å². The fraction of sp³-hybridized carbons (Fsp3) is 0.250. The monoisotopic (exact) mass is 424 g/mol. The Hall–Kier alpha value is -2.78.